The highest BCUT2D eigenvalue weighted by atomic mass is 32.2. The van der Waals surface area contributed by atoms with E-state index >= 15 is 0 Å². The van der Waals surface area contributed by atoms with E-state index in [-0.39, 0.29) is 10.8 Å². The predicted molar refractivity (Wildman–Crippen MR) is 115 cm³/mol. The first-order valence-electron chi connectivity index (χ1n) is 9.24. The van der Waals surface area contributed by atoms with Gasteiger partial charge in [0.2, 0.25) is 11.8 Å². The Morgan fingerprint density at radius 3 is 2.69 bits per heavy atom. The van der Waals surface area contributed by atoms with Gasteiger partial charge in [-0.2, -0.15) is 0 Å². The lowest BCUT2D eigenvalue weighted by molar-refractivity contribution is 0.508. The zero-order chi connectivity index (χ0) is 20.4. The molecular formula is C22H20N4O2S. The van der Waals surface area contributed by atoms with E-state index in [2.05, 4.69) is 21.8 Å². The van der Waals surface area contributed by atoms with Gasteiger partial charge in [-0.3, -0.25) is 9.36 Å². The van der Waals surface area contributed by atoms with Crippen LogP contribution in [0.15, 0.2) is 75.6 Å². The highest BCUT2D eigenvalue weighted by Gasteiger charge is 2.20. The average Bonchev–Trinajstić information content (AvgIpc) is 3.22. The van der Waals surface area contributed by atoms with Crippen molar-refractivity contribution in [1.82, 2.24) is 19.7 Å². The van der Waals surface area contributed by atoms with E-state index in [0.717, 1.165) is 5.56 Å². The Bertz CT molecular complexity index is 1230. The standard InChI is InChI=1S/C22H20N4O2S/c1-4-13-26-21(27)17-7-5-6-8-18(17)23-22(26)29-15(3)19-24-25-20(28-19)16-11-9-14(2)10-12-16/h4-12,15H,1,13H2,2-3H3. The smallest absolute Gasteiger partial charge is 0.262 e. The fourth-order valence-electron chi connectivity index (χ4n) is 2.95. The number of aryl methyl sites for hydroxylation is 1. The molecule has 4 rings (SSSR count). The molecule has 0 aliphatic heterocycles. The largest absolute Gasteiger partial charge is 0.419 e. The van der Waals surface area contributed by atoms with Gasteiger partial charge in [0.05, 0.1) is 16.2 Å². The first-order chi connectivity index (χ1) is 14.1. The topological polar surface area (TPSA) is 73.8 Å². The number of thioether (sulfide) groups is 1. The number of hydrogen-bond acceptors (Lipinski definition) is 6. The fraction of sp³-hybridized carbons (Fsp3) is 0.182. The highest BCUT2D eigenvalue weighted by Crippen LogP contribution is 2.34. The van der Waals surface area contributed by atoms with Gasteiger partial charge in [-0.05, 0) is 38.1 Å². The van der Waals surface area contributed by atoms with Gasteiger partial charge in [-0.1, -0.05) is 47.7 Å². The van der Waals surface area contributed by atoms with Crippen molar-refractivity contribution in [2.24, 2.45) is 0 Å². The zero-order valence-corrected chi connectivity index (χ0v) is 17.0. The SMILES string of the molecule is C=CCn1c(SC(C)c2nnc(-c3ccc(C)cc3)o2)nc2ccccc2c1=O. The van der Waals surface area contributed by atoms with Crippen molar-refractivity contribution in [3.8, 4) is 11.5 Å². The summed E-state index contributed by atoms with van der Waals surface area (Å²) in [6.07, 6.45) is 1.69. The van der Waals surface area contributed by atoms with E-state index < -0.39 is 0 Å². The molecule has 7 heteroatoms. The molecule has 1 unspecified atom stereocenters. The lowest BCUT2D eigenvalue weighted by atomic mass is 10.1. The van der Waals surface area contributed by atoms with Crippen molar-refractivity contribution in [2.45, 2.75) is 30.8 Å². The molecule has 0 saturated heterocycles. The summed E-state index contributed by atoms with van der Waals surface area (Å²) in [7, 11) is 0. The Balaban J connectivity index is 1.66. The van der Waals surface area contributed by atoms with Crippen LogP contribution in [0.4, 0.5) is 0 Å². The van der Waals surface area contributed by atoms with Gasteiger partial charge in [-0.25, -0.2) is 4.98 Å². The van der Waals surface area contributed by atoms with Gasteiger partial charge in [-0.15, -0.1) is 16.8 Å². The second kappa shape index (κ2) is 8.05. The summed E-state index contributed by atoms with van der Waals surface area (Å²) in [5.41, 5.74) is 2.62. The molecule has 1 atom stereocenters. The number of allylic oxidation sites excluding steroid dienone is 1. The van der Waals surface area contributed by atoms with Crippen LogP contribution >= 0.6 is 11.8 Å². The van der Waals surface area contributed by atoms with Crippen LogP contribution < -0.4 is 5.56 Å². The molecule has 0 aliphatic carbocycles. The van der Waals surface area contributed by atoms with Crippen LogP contribution in [0, 0.1) is 6.92 Å². The number of benzene rings is 2. The fourth-order valence-corrected chi connectivity index (χ4v) is 3.90. The number of aromatic nitrogens is 4. The number of para-hydroxylation sites is 1. The van der Waals surface area contributed by atoms with Crippen molar-refractivity contribution in [1.29, 1.82) is 0 Å². The van der Waals surface area contributed by atoms with Crippen LogP contribution in [0.1, 0.15) is 23.6 Å². The van der Waals surface area contributed by atoms with E-state index in [0.29, 0.717) is 34.4 Å². The predicted octanol–water partition coefficient (Wildman–Crippen LogP) is 4.79. The van der Waals surface area contributed by atoms with Crippen LogP contribution in [-0.2, 0) is 6.54 Å². The normalized spacial score (nSPS) is 12.2. The van der Waals surface area contributed by atoms with E-state index in [1.165, 1.54) is 17.3 Å². The molecule has 0 radical (unpaired) electrons. The Morgan fingerprint density at radius 2 is 1.93 bits per heavy atom. The first kappa shape index (κ1) is 19.1. The number of rotatable bonds is 6. The van der Waals surface area contributed by atoms with Crippen molar-refractivity contribution in [3.05, 3.63) is 83.0 Å². The van der Waals surface area contributed by atoms with Crippen molar-refractivity contribution in [3.63, 3.8) is 0 Å². The Morgan fingerprint density at radius 1 is 1.17 bits per heavy atom. The molecule has 2 heterocycles. The van der Waals surface area contributed by atoms with Gasteiger partial charge in [0, 0.05) is 12.1 Å². The van der Waals surface area contributed by atoms with Crippen LogP contribution in [0.25, 0.3) is 22.4 Å². The van der Waals surface area contributed by atoms with Crippen molar-refractivity contribution < 1.29 is 4.42 Å². The summed E-state index contributed by atoms with van der Waals surface area (Å²) >= 11 is 1.41. The molecule has 0 spiro atoms. The second-order valence-electron chi connectivity index (χ2n) is 6.69. The number of hydrogen-bond donors (Lipinski definition) is 0. The molecule has 146 valence electrons. The molecule has 2 aromatic heterocycles. The second-order valence-corrected chi connectivity index (χ2v) is 8.00. The van der Waals surface area contributed by atoms with Crippen LogP contribution in [0.3, 0.4) is 0 Å². The highest BCUT2D eigenvalue weighted by molar-refractivity contribution is 7.99. The van der Waals surface area contributed by atoms with Crippen LogP contribution in [-0.4, -0.2) is 19.7 Å². The molecule has 29 heavy (non-hydrogen) atoms. The van der Waals surface area contributed by atoms with E-state index in [1.54, 1.807) is 16.7 Å². The van der Waals surface area contributed by atoms with Crippen molar-refractivity contribution >= 4 is 22.7 Å². The number of nitrogens with zero attached hydrogens (tertiary/aromatic N) is 4. The van der Waals surface area contributed by atoms with Gasteiger partial charge in [0.1, 0.15) is 0 Å². The minimum Gasteiger partial charge on any atom is -0.419 e. The summed E-state index contributed by atoms with van der Waals surface area (Å²) in [4.78, 5) is 17.6. The molecule has 0 N–H and O–H groups in total. The maximum Gasteiger partial charge on any atom is 0.262 e. The van der Waals surface area contributed by atoms with Gasteiger partial charge in [0.15, 0.2) is 5.16 Å². The third-order valence-electron chi connectivity index (χ3n) is 4.51. The molecule has 4 aromatic rings. The monoisotopic (exact) mass is 404 g/mol. The molecule has 0 fully saturated rings. The molecular weight excluding hydrogens is 384 g/mol. The summed E-state index contributed by atoms with van der Waals surface area (Å²) in [6.45, 7) is 8.12. The van der Waals surface area contributed by atoms with Gasteiger partial charge in [0.25, 0.3) is 5.56 Å². The Labute approximate surface area is 172 Å². The third kappa shape index (κ3) is 3.86. The molecule has 6 nitrogen and oxygen atoms in total. The Kier molecular flexibility index (Phi) is 5.31. The maximum atomic E-state index is 12.9. The minimum atomic E-state index is -0.175. The lowest BCUT2D eigenvalue weighted by Crippen LogP contribution is -2.23. The molecule has 0 amide bonds. The molecule has 0 bridgehead atoms. The summed E-state index contributed by atoms with van der Waals surface area (Å²) in [5.74, 6) is 0.959. The van der Waals surface area contributed by atoms with E-state index in [9.17, 15) is 4.79 Å². The summed E-state index contributed by atoms with van der Waals surface area (Å²) < 4.78 is 7.50. The molecule has 0 aliphatic rings. The Hall–Kier alpha value is -3.19. The summed E-state index contributed by atoms with van der Waals surface area (Å²) in [6, 6.07) is 15.3. The average molecular weight is 404 g/mol. The van der Waals surface area contributed by atoms with Gasteiger partial charge >= 0.3 is 0 Å². The first-order valence-corrected chi connectivity index (χ1v) is 10.1. The number of fused-ring (bicyclic) bond motifs is 1. The molecule has 0 saturated carbocycles. The van der Waals surface area contributed by atoms with Crippen molar-refractivity contribution in [2.75, 3.05) is 0 Å². The quantitative estimate of drug-likeness (QED) is 0.261. The van der Waals surface area contributed by atoms with Crippen LogP contribution in [0.5, 0.6) is 0 Å². The third-order valence-corrected chi connectivity index (χ3v) is 5.59. The maximum absolute atomic E-state index is 12.9. The lowest BCUT2D eigenvalue weighted by Gasteiger charge is -2.13. The van der Waals surface area contributed by atoms with E-state index in [1.807, 2.05) is 56.3 Å². The van der Waals surface area contributed by atoms with Gasteiger partial charge < -0.3 is 4.42 Å². The zero-order valence-electron chi connectivity index (χ0n) is 16.2. The summed E-state index contributed by atoms with van der Waals surface area (Å²) in [5, 5.41) is 9.38. The minimum absolute atomic E-state index is 0.0870. The van der Waals surface area contributed by atoms with Crippen LogP contribution in [0.2, 0.25) is 0 Å². The van der Waals surface area contributed by atoms with E-state index in [4.69, 9.17) is 4.42 Å². The molecule has 2 aromatic carbocycles.